The average Bonchev–Trinajstić information content (AvgIpc) is 3.03. The molecule has 0 aromatic carbocycles. The first kappa shape index (κ1) is 47.5. The van der Waals surface area contributed by atoms with Crippen molar-refractivity contribution in [1.29, 1.82) is 0 Å². The molecule has 9 heteroatoms. The van der Waals surface area contributed by atoms with Gasteiger partial charge >= 0.3 is 5.97 Å². The first-order valence-corrected chi connectivity index (χ1v) is 21.7. The molecule has 0 bridgehead atoms. The highest BCUT2D eigenvalue weighted by Gasteiger charge is 2.20. The molecule has 0 spiro atoms. The van der Waals surface area contributed by atoms with Gasteiger partial charge in [-0.2, -0.15) is 0 Å². The molecule has 0 aromatic rings. The third-order valence-corrected chi connectivity index (χ3v) is 9.87. The number of nitrogens with zero attached hydrogens (tertiary/aromatic N) is 1. The molecule has 0 rings (SSSR count). The molecule has 0 aliphatic rings. The molecule has 0 aliphatic carbocycles. The smallest absolute Gasteiger partial charge is 0.306 e. The van der Waals surface area contributed by atoms with Crippen molar-refractivity contribution in [2.75, 3.05) is 54.1 Å². The number of carbonyl (C=O) groups is 1. The second-order valence-corrected chi connectivity index (χ2v) is 16.4. The minimum Gasteiger partial charge on any atom is -0.756 e. The third kappa shape index (κ3) is 36.8. The summed E-state index contributed by atoms with van der Waals surface area (Å²) >= 11 is 0. The van der Waals surface area contributed by atoms with E-state index >= 15 is 0 Å². The Morgan fingerprint density at radius 1 is 0.562 bits per heavy atom. The molecule has 0 aromatic heterocycles. The summed E-state index contributed by atoms with van der Waals surface area (Å²) in [5.74, 6) is -0.335. The van der Waals surface area contributed by atoms with Crippen LogP contribution < -0.4 is 4.89 Å². The molecule has 0 aliphatic heterocycles. The van der Waals surface area contributed by atoms with Crippen molar-refractivity contribution in [3.05, 3.63) is 0 Å². The topological polar surface area (TPSA) is 94.1 Å². The van der Waals surface area contributed by atoms with Crippen LogP contribution in [0.3, 0.4) is 0 Å². The zero-order valence-electron chi connectivity index (χ0n) is 32.5. The summed E-state index contributed by atoms with van der Waals surface area (Å²) in [4.78, 5) is 24.8. The van der Waals surface area contributed by atoms with Crippen molar-refractivity contribution in [3.8, 4) is 0 Å². The zero-order chi connectivity index (χ0) is 35.6. The molecular formula is C39H80NO7P. The number of likely N-dealkylation sites (N-methyl/N-ethyl adjacent to an activating group) is 1. The van der Waals surface area contributed by atoms with E-state index in [-0.39, 0.29) is 25.8 Å². The summed E-state index contributed by atoms with van der Waals surface area (Å²) in [6.45, 7) is 5.42. The van der Waals surface area contributed by atoms with Gasteiger partial charge < -0.3 is 27.9 Å². The van der Waals surface area contributed by atoms with Gasteiger partial charge in [0, 0.05) is 13.0 Å². The van der Waals surface area contributed by atoms with Gasteiger partial charge in [-0.25, -0.2) is 0 Å². The van der Waals surface area contributed by atoms with Crippen molar-refractivity contribution in [2.45, 2.75) is 193 Å². The average molecular weight is 706 g/mol. The molecule has 0 saturated carbocycles. The Balaban J connectivity index is 4.11. The first-order valence-electron chi connectivity index (χ1n) is 20.3. The van der Waals surface area contributed by atoms with E-state index in [2.05, 4.69) is 13.8 Å². The lowest BCUT2D eigenvalue weighted by atomic mass is 10.0. The number of ether oxygens (including phenoxy) is 2. The number of phosphoric acid groups is 1. The first-order chi connectivity index (χ1) is 23.1. The van der Waals surface area contributed by atoms with E-state index in [1.165, 1.54) is 135 Å². The fourth-order valence-electron chi connectivity index (χ4n) is 5.72. The maximum Gasteiger partial charge on any atom is 0.306 e. The minimum absolute atomic E-state index is 0.0308. The van der Waals surface area contributed by atoms with Gasteiger partial charge in [0.1, 0.15) is 19.3 Å². The van der Waals surface area contributed by atoms with Crippen LogP contribution in [-0.4, -0.2) is 70.7 Å². The molecule has 0 saturated heterocycles. The van der Waals surface area contributed by atoms with Gasteiger partial charge in [0.2, 0.25) is 0 Å². The Morgan fingerprint density at radius 2 is 0.958 bits per heavy atom. The van der Waals surface area contributed by atoms with E-state index in [0.717, 1.165) is 32.1 Å². The standard InChI is InChI=1S/C39H80NO7P/c1-6-8-10-12-14-16-17-18-19-20-21-22-23-24-25-27-29-31-34-44-36-38(37-46-48(42,43)45-35-33-40(3,4)5)47-39(41)32-30-28-26-15-13-11-9-7-2/h38H,6-37H2,1-5H3/t38-/m1/s1. The van der Waals surface area contributed by atoms with Gasteiger partial charge in [0.15, 0.2) is 0 Å². The van der Waals surface area contributed by atoms with Crippen LogP contribution in [0.25, 0.3) is 0 Å². The molecular weight excluding hydrogens is 625 g/mol. The Bertz CT molecular complexity index is 746. The van der Waals surface area contributed by atoms with Crippen molar-refractivity contribution < 1.29 is 37.3 Å². The number of quaternary nitrogens is 1. The minimum atomic E-state index is -4.51. The van der Waals surface area contributed by atoms with Crippen LogP contribution in [0.1, 0.15) is 187 Å². The predicted molar refractivity (Wildman–Crippen MR) is 199 cm³/mol. The number of esters is 1. The Morgan fingerprint density at radius 3 is 1.38 bits per heavy atom. The quantitative estimate of drug-likeness (QED) is 0.0273. The van der Waals surface area contributed by atoms with Gasteiger partial charge in [0.05, 0.1) is 34.4 Å². The molecule has 0 radical (unpaired) electrons. The second kappa shape index (κ2) is 33.6. The van der Waals surface area contributed by atoms with Crippen LogP contribution >= 0.6 is 7.82 Å². The van der Waals surface area contributed by atoms with Gasteiger partial charge in [-0.15, -0.1) is 0 Å². The second-order valence-electron chi connectivity index (χ2n) is 15.0. The Hall–Kier alpha value is -0.500. The highest BCUT2D eigenvalue weighted by atomic mass is 31.2. The lowest BCUT2D eigenvalue weighted by Crippen LogP contribution is -2.37. The number of unbranched alkanes of at least 4 members (excludes halogenated alkanes) is 24. The van der Waals surface area contributed by atoms with Crippen LogP contribution in [0.2, 0.25) is 0 Å². The summed E-state index contributed by atoms with van der Waals surface area (Å²) < 4.78 is 34.4. The lowest BCUT2D eigenvalue weighted by molar-refractivity contribution is -0.870. The maximum atomic E-state index is 12.5. The zero-order valence-corrected chi connectivity index (χ0v) is 33.4. The van der Waals surface area contributed by atoms with Crippen molar-refractivity contribution in [1.82, 2.24) is 0 Å². The normalized spacial score (nSPS) is 13.9. The summed E-state index contributed by atoms with van der Waals surface area (Å²) in [6.07, 6.45) is 32.6. The molecule has 0 fully saturated rings. The van der Waals surface area contributed by atoms with Gasteiger partial charge in [0.25, 0.3) is 7.82 Å². The van der Waals surface area contributed by atoms with Crippen LogP contribution in [0.4, 0.5) is 0 Å². The van der Waals surface area contributed by atoms with Crippen LogP contribution in [0.5, 0.6) is 0 Å². The number of phosphoric ester groups is 1. The van der Waals surface area contributed by atoms with Gasteiger partial charge in [-0.1, -0.05) is 168 Å². The number of rotatable bonds is 38. The van der Waals surface area contributed by atoms with Crippen molar-refractivity contribution in [2.24, 2.45) is 0 Å². The van der Waals surface area contributed by atoms with E-state index in [1.807, 2.05) is 21.1 Å². The highest BCUT2D eigenvalue weighted by molar-refractivity contribution is 7.45. The van der Waals surface area contributed by atoms with E-state index in [1.54, 1.807) is 0 Å². The summed E-state index contributed by atoms with van der Waals surface area (Å²) in [5.41, 5.74) is 0. The third-order valence-electron chi connectivity index (χ3n) is 8.91. The molecule has 0 N–H and O–H groups in total. The lowest BCUT2D eigenvalue weighted by Gasteiger charge is -2.28. The summed E-state index contributed by atoms with van der Waals surface area (Å²) in [5, 5.41) is 0. The van der Waals surface area contributed by atoms with E-state index in [9.17, 15) is 14.3 Å². The molecule has 0 amide bonds. The SMILES string of the molecule is CCCCCCCCCCCCCCCCCCCCOC[C@H](COP(=O)([O-])OCC[N+](C)(C)C)OC(=O)CCCCCCCCCC. The fourth-order valence-corrected chi connectivity index (χ4v) is 6.45. The largest absolute Gasteiger partial charge is 0.756 e. The fraction of sp³-hybridized carbons (Fsp3) is 0.974. The van der Waals surface area contributed by atoms with Crippen LogP contribution in [-0.2, 0) is 27.9 Å². The molecule has 8 nitrogen and oxygen atoms in total. The Labute approximate surface area is 298 Å². The molecule has 288 valence electrons. The van der Waals surface area contributed by atoms with Crippen molar-refractivity contribution in [3.63, 3.8) is 0 Å². The molecule has 0 heterocycles. The Kier molecular flexibility index (Phi) is 33.3. The monoisotopic (exact) mass is 706 g/mol. The van der Waals surface area contributed by atoms with E-state index < -0.39 is 13.9 Å². The van der Waals surface area contributed by atoms with Crippen molar-refractivity contribution >= 4 is 13.8 Å². The molecule has 1 unspecified atom stereocenters. The number of carbonyl (C=O) groups excluding carboxylic acids is 1. The van der Waals surface area contributed by atoms with Crippen LogP contribution in [0, 0.1) is 0 Å². The molecule has 2 atom stereocenters. The molecule has 48 heavy (non-hydrogen) atoms. The van der Waals surface area contributed by atoms with E-state index in [4.69, 9.17) is 18.5 Å². The number of hydrogen-bond acceptors (Lipinski definition) is 7. The van der Waals surface area contributed by atoms with Gasteiger partial charge in [-0.3, -0.25) is 9.36 Å². The van der Waals surface area contributed by atoms with E-state index in [0.29, 0.717) is 24.1 Å². The van der Waals surface area contributed by atoms with Gasteiger partial charge in [-0.05, 0) is 12.8 Å². The summed E-state index contributed by atoms with van der Waals surface area (Å²) in [6, 6.07) is 0. The highest BCUT2D eigenvalue weighted by Crippen LogP contribution is 2.38. The van der Waals surface area contributed by atoms with Crippen LogP contribution in [0.15, 0.2) is 0 Å². The predicted octanol–water partition coefficient (Wildman–Crippen LogP) is 10.7. The summed E-state index contributed by atoms with van der Waals surface area (Å²) in [7, 11) is 1.37. The number of hydrogen-bond donors (Lipinski definition) is 0. The maximum absolute atomic E-state index is 12.5.